The Morgan fingerprint density at radius 3 is 2.44 bits per heavy atom. The number of hydrogen-bond acceptors (Lipinski definition) is 6. The average molecular weight is 597 g/mol. The molecule has 0 aliphatic carbocycles. The Hall–Kier alpha value is -4.77. The van der Waals surface area contributed by atoms with Crippen LogP contribution in [0.1, 0.15) is 56.4 Å². The molecule has 0 spiro atoms. The highest BCUT2D eigenvalue weighted by Crippen LogP contribution is 2.22. The van der Waals surface area contributed by atoms with Crippen LogP contribution in [-0.4, -0.2) is 62.7 Å². The molecular weight excluding hydrogens is 556 g/mol. The molecule has 1 saturated heterocycles. The second kappa shape index (κ2) is 13.5. The molecule has 0 radical (unpaired) electrons. The van der Waals surface area contributed by atoms with Crippen LogP contribution in [0.3, 0.4) is 0 Å². The molecule has 1 aliphatic heterocycles. The summed E-state index contributed by atoms with van der Waals surface area (Å²) in [4.78, 5) is 27.5. The maximum atomic E-state index is 13.4. The number of carbonyl (C=O) groups is 1. The molecule has 4 heterocycles. The lowest BCUT2D eigenvalue weighted by atomic mass is 9.96. The summed E-state index contributed by atoms with van der Waals surface area (Å²) in [5.74, 6) is 7.43. The van der Waals surface area contributed by atoms with E-state index in [0.29, 0.717) is 12.0 Å². The molecule has 6 rings (SSSR count). The number of imidazole rings is 1. The first-order chi connectivity index (χ1) is 21.9. The number of nitrogens with zero attached hydrogens (tertiary/aromatic N) is 5. The predicted molar refractivity (Wildman–Crippen MR) is 181 cm³/mol. The van der Waals surface area contributed by atoms with Crippen molar-refractivity contribution in [2.45, 2.75) is 40.7 Å². The van der Waals surface area contributed by atoms with E-state index in [4.69, 9.17) is 0 Å². The Bertz CT molecular complexity index is 1890. The molecule has 0 saturated carbocycles. The van der Waals surface area contributed by atoms with E-state index in [-0.39, 0.29) is 5.78 Å². The lowest BCUT2D eigenvalue weighted by molar-refractivity contribution is 0.0993. The van der Waals surface area contributed by atoms with Crippen LogP contribution in [0.25, 0.3) is 5.65 Å². The number of Topliss-reactive ketones (excluding diaryl/α,β-unsaturated/α-hetero) is 1. The highest BCUT2D eigenvalue weighted by atomic mass is 16.1. The third kappa shape index (κ3) is 7.15. The van der Waals surface area contributed by atoms with Gasteiger partial charge in [-0.2, -0.15) is 0 Å². The molecule has 0 bridgehead atoms. The standard InChI is InChI=1S/C38H40N6O/c1-5-42-17-19-43(20-18-42)26-33-12-10-30(21-29(33)4)22-36(45)32-11-9-28(3)31(23-32)13-14-34-25-40-38-35(7-6-16-44(34)38)41-37-15-8-27(2)24-39-37/h6-12,15-16,21,23-25H,5,17-20,22,26H2,1-4H3,(H,39,41). The van der Waals surface area contributed by atoms with Gasteiger partial charge in [-0.05, 0) is 85.3 Å². The number of piperazine rings is 1. The fourth-order valence-corrected chi connectivity index (χ4v) is 5.78. The van der Waals surface area contributed by atoms with Crippen LogP contribution in [0.2, 0.25) is 0 Å². The van der Waals surface area contributed by atoms with E-state index >= 15 is 0 Å². The molecular formula is C38H40N6O. The lowest BCUT2D eigenvalue weighted by Gasteiger charge is -2.34. The number of aryl methyl sites for hydroxylation is 3. The number of ketones is 1. The normalized spacial score (nSPS) is 13.9. The largest absolute Gasteiger partial charge is 0.337 e. The minimum atomic E-state index is 0.0936. The molecule has 5 aromatic rings. The number of carbonyl (C=O) groups excluding carboxylic acids is 1. The van der Waals surface area contributed by atoms with Crippen molar-refractivity contribution in [1.82, 2.24) is 24.2 Å². The third-order valence-electron chi connectivity index (χ3n) is 8.67. The van der Waals surface area contributed by atoms with Crippen molar-refractivity contribution in [1.29, 1.82) is 0 Å². The van der Waals surface area contributed by atoms with Crippen LogP contribution < -0.4 is 5.32 Å². The number of likely N-dealkylation sites (N-methyl/N-ethyl adjacent to an activating group) is 1. The number of pyridine rings is 2. The Kier molecular flexibility index (Phi) is 9.06. The second-order valence-corrected chi connectivity index (χ2v) is 12.0. The molecule has 228 valence electrons. The summed E-state index contributed by atoms with van der Waals surface area (Å²) in [6, 6.07) is 20.2. The Morgan fingerprint density at radius 2 is 1.69 bits per heavy atom. The Balaban J connectivity index is 1.15. The van der Waals surface area contributed by atoms with Crippen molar-refractivity contribution in [3.63, 3.8) is 0 Å². The molecule has 1 fully saturated rings. The lowest BCUT2D eigenvalue weighted by Crippen LogP contribution is -2.45. The van der Waals surface area contributed by atoms with E-state index < -0.39 is 0 Å². The molecule has 0 atom stereocenters. The van der Waals surface area contributed by atoms with Gasteiger partial charge in [0.1, 0.15) is 11.5 Å². The van der Waals surface area contributed by atoms with E-state index in [0.717, 1.165) is 84.4 Å². The first-order valence-corrected chi connectivity index (χ1v) is 15.7. The fraction of sp³-hybridized carbons (Fsp3) is 0.289. The summed E-state index contributed by atoms with van der Waals surface area (Å²) in [6.07, 6.45) is 5.93. The summed E-state index contributed by atoms with van der Waals surface area (Å²) in [6.45, 7) is 15.0. The van der Waals surface area contributed by atoms with Gasteiger partial charge in [-0.25, -0.2) is 9.97 Å². The first kappa shape index (κ1) is 30.3. The van der Waals surface area contributed by atoms with Gasteiger partial charge in [-0.15, -0.1) is 0 Å². The van der Waals surface area contributed by atoms with Crippen molar-refractivity contribution in [2.24, 2.45) is 0 Å². The zero-order chi connectivity index (χ0) is 31.3. The fourth-order valence-electron chi connectivity index (χ4n) is 5.78. The van der Waals surface area contributed by atoms with Crippen molar-refractivity contribution >= 4 is 22.9 Å². The number of aromatic nitrogens is 3. The van der Waals surface area contributed by atoms with Gasteiger partial charge in [0, 0.05) is 62.7 Å². The predicted octanol–water partition coefficient (Wildman–Crippen LogP) is 6.36. The zero-order valence-electron chi connectivity index (χ0n) is 26.6. The third-order valence-corrected chi connectivity index (χ3v) is 8.67. The Morgan fingerprint density at radius 1 is 0.867 bits per heavy atom. The molecule has 1 aliphatic rings. The van der Waals surface area contributed by atoms with Gasteiger partial charge in [0.25, 0.3) is 0 Å². The highest BCUT2D eigenvalue weighted by molar-refractivity contribution is 5.98. The van der Waals surface area contributed by atoms with E-state index in [1.54, 1.807) is 6.20 Å². The van der Waals surface area contributed by atoms with Crippen LogP contribution in [0.15, 0.2) is 79.3 Å². The number of rotatable bonds is 8. The molecule has 7 nitrogen and oxygen atoms in total. The van der Waals surface area contributed by atoms with Crippen LogP contribution in [0, 0.1) is 32.6 Å². The van der Waals surface area contributed by atoms with Gasteiger partial charge in [-0.1, -0.05) is 49.2 Å². The molecule has 0 amide bonds. The van der Waals surface area contributed by atoms with E-state index in [1.165, 1.54) is 11.1 Å². The van der Waals surface area contributed by atoms with E-state index in [9.17, 15) is 4.79 Å². The minimum Gasteiger partial charge on any atom is -0.337 e. The molecule has 2 aromatic carbocycles. The maximum absolute atomic E-state index is 13.4. The van der Waals surface area contributed by atoms with Crippen molar-refractivity contribution in [3.8, 4) is 11.8 Å². The maximum Gasteiger partial charge on any atom is 0.167 e. The van der Waals surface area contributed by atoms with Gasteiger partial charge in [-0.3, -0.25) is 14.1 Å². The van der Waals surface area contributed by atoms with Gasteiger partial charge in [0.05, 0.1) is 11.9 Å². The van der Waals surface area contributed by atoms with Crippen molar-refractivity contribution in [2.75, 3.05) is 38.0 Å². The van der Waals surface area contributed by atoms with E-state index in [1.807, 2.05) is 73.1 Å². The summed E-state index contributed by atoms with van der Waals surface area (Å²) in [5.41, 5.74) is 9.66. The number of anilines is 2. The molecule has 45 heavy (non-hydrogen) atoms. The van der Waals surface area contributed by atoms with Crippen molar-refractivity contribution < 1.29 is 4.79 Å². The Labute approximate surface area is 265 Å². The number of nitrogens with one attached hydrogen (secondary N) is 1. The van der Waals surface area contributed by atoms with Crippen molar-refractivity contribution in [3.05, 3.63) is 124 Å². The SMILES string of the molecule is CCN1CCN(Cc2ccc(CC(=O)c3ccc(C)c(C#Cc4cnc5c(Nc6ccc(C)cn6)cccn45)c3)cc2C)CC1. The highest BCUT2D eigenvalue weighted by Gasteiger charge is 2.17. The average Bonchev–Trinajstić information content (AvgIpc) is 3.47. The van der Waals surface area contributed by atoms with Crippen LogP contribution >= 0.6 is 0 Å². The minimum absolute atomic E-state index is 0.0936. The molecule has 1 N–H and O–H groups in total. The first-order valence-electron chi connectivity index (χ1n) is 15.7. The summed E-state index contributed by atoms with van der Waals surface area (Å²) in [7, 11) is 0. The number of fused-ring (bicyclic) bond motifs is 1. The van der Waals surface area contributed by atoms with Crippen LogP contribution in [-0.2, 0) is 13.0 Å². The summed E-state index contributed by atoms with van der Waals surface area (Å²) < 4.78 is 1.96. The summed E-state index contributed by atoms with van der Waals surface area (Å²) >= 11 is 0. The second-order valence-electron chi connectivity index (χ2n) is 12.0. The van der Waals surface area contributed by atoms with Gasteiger partial charge < -0.3 is 10.2 Å². The monoisotopic (exact) mass is 596 g/mol. The van der Waals surface area contributed by atoms with E-state index in [2.05, 4.69) is 69.0 Å². The van der Waals surface area contributed by atoms with Gasteiger partial charge in [0.15, 0.2) is 11.4 Å². The van der Waals surface area contributed by atoms with Gasteiger partial charge >= 0.3 is 0 Å². The molecule has 3 aromatic heterocycles. The quantitative estimate of drug-likeness (QED) is 0.166. The molecule has 0 unspecified atom stereocenters. The van der Waals surface area contributed by atoms with Gasteiger partial charge in [0.2, 0.25) is 0 Å². The van der Waals surface area contributed by atoms with Crippen LogP contribution in [0.5, 0.6) is 0 Å². The number of hydrogen-bond donors (Lipinski definition) is 1. The van der Waals surface area contributed by atoms with Crippen LogP contribution in [0.4, 0.5) is 11.5 Å². The zero-order valence-corrected chi connectivity index (χ0v) is 26.6. The molecule has 7 heteroatoms. The summed E-state index contributed by atoms with van der Waals surface area (Å²) in [5, 5.41) is 3.35. The smallest absolute Gasteiger partial charge is 0.167 e. The topological polar surface area (TPSA) is 65.8 Å². The number of benzene rings is 2.